The van der Waals surface area contributed by atoms with E-state index in [9.17, 15) is 9.18 Å². The highest BCUT2D eigenvalue weighted by Crippen LogP contribution is 2.45. The van der Waals surface area contributed by atoms with Crippen molar-refractivity contribution in [2.24, 2.45) is 0 Å². The Morgan fingerprint density at radius 1 is 1.35 bits per heavy atom. The zero-order valence-corrected chi connectivity index (χ0v) is 12.9. The maximum absolute atomic E-state index is 14.6. The Kier molecular flexibility index (Phi) is 5.26. The van der Waals surface area contributed by atoms with E-state index >= 15 is 0 Å². The number of fused-ring (bicyclic) bond motifs is 2. The number of ether oxygens (including phenoxy) is 2. The van der Waals surface area contributed by atoms with E-state index in [2.05, 4.69) is 5.32 Å². The number of carbonyl (C=O) groups excluding carboxylic acids is 1. The van der Waals surface area contributed by atoms with Gasteiger partial charge in [-0.1, -0.05) is 7.43 Å². The summed E-state index contributed by atoms with van der Waals surface area (Å²) in [5, 5.41) is 3.21. The maximum atomic E-state index is 14.6. The molecular weight excluding hydrogens is 299 g/mol. The fourth-order valence-electron chi connectivity index (χ4n) is 3.10. The summed E-state index contributed by atoms with van der Waals surface area (Å²) < 4.78 is 25.7. The third-order valence-corrected chi connectivity index (χ3v) is 4.25. The highest BCUT2D eigenvalue weighted by molar-refractivity contribution is 5.95. The van der Waals surface area contributed by atoms with Crippen molar-refractivity contribution in [1.82, 2.24) is 10.2 Å². The summed E-state index contributed by atoms with van der Waals surface area (Å²) in [6, 6.07) is 2.97. The van der Waals surface area contributed by atoms with E-state index in [1.165, 1.54) is 6.07 Å². The molecule has 128 valence electrons. The van der Waals surface area contributed by atoms with Crippen LogP contribution in [0.2, 0.25) is 0 Å². The number of halogens is 1. The molecule has 5 nitrogen and oxygen atoms in total. The van der Waals surface area contributed by atoms with Crippen LogP contribution in [0.3, 0.4) is 0 Å². The number of piperidine rings is 1. The molecule has 23 heavy (non-hydrogen) atoms. The van der Waals surface area contributed by atoms with Crippen molar-refractivity contribution in [2.75, 3.05) is 40.3 Å². The Bertz CT molecular complexity index is 583. The third-order valence-electron chi connectivity index (χ3n) is 4.25. The summed E-state index contributed by atoms with van der Waals surface area (Å²) in [7, 11) is 3.87. The molecule has 1 fully saturated rings. The van der Waals surface area contributed by atoms with Gasteiger partial charge in [-0.05, 0) is 33.3 Å². The zero-order valence-electron chi connectivity index (χ0n) is 12.9. The standard InChI is InChI=1S/C16H21FN2O3.CH4/c1-19(2)7-8-21-11-9-12-14(13(17)10-11)16(22-15(12)20)3-5-18-6-4-16;/h9-10,18H,3-8H2,1-2H3;1H4. The van der Waals surface area contributed by atoms with E-state index in [4.69, 9.17) is 9.47 Å². The van der Waals surface area contributed by atoms with Crippen LogP contribution in [0.5, 0.6) is 5.75 Å². The Morgan fingerprint density at radius 2 is 2.04 bits per heavy atom. The van der Waals surface area contributed by atoms with Gasteiger partial charge in [0.1, 0.15) is 23.8 Å². The predicted octanol–water partition coefficient (Wildman–Crippen LogP) is 2.15. The molecule has 1 aromatic rings. The molecule has 1 spiro atoms. The molecule has 1 aromatic carbocycles. The van der Waals surface area contributed by atoms with E-state index in [0.29, 0.717) is 49.4 Å². The summed E-state index contributed by atoms with van der Waals surface area (Å²) >= 11 is 0. The van der Waals surface area contributed by atoms with E-state index in [-0.39, 0.29) is 7.43 Å². The SMILES string of the molecule is C.CN(C)CCOc1cc(F)c2c(c1)C(=O)OC21CCNCC1. The number of nitrogens with one attached hydrogen (secondary N) is 1. The molecule has 0 saturated carbocycles. The molecule has 0 bridgehead atoms. The molecule has 2 aliphatic heterocycles. The average Bonchev–Trinajstić information content (AvgIpc) is 2.72. The molecule has 1 saturated heterocycles. The lowest BCUT2D eigenvalue weighted by Gasteiger charge is -2.33. The summed E-state index contributed by atoms with van der Waals surface area (Å²) in [4.78, 5) is 14.1. The molecule has 1 N–H and O–H groups in total. The Balaban J connectivity index is 0.00000192. The molecule has 0 atom stereocenters. The number of rotatable bonds is 4. The van der Waals surface area contributed by atoms with Gasteiger partial charge in [-0.3, -0.25) is 0 Å². The lowest BCUT2D eigenvalue weighted by molar-refractivity contribution is -0.0255. The van der Waals surface area contributed by atoms with Crippen LogP contribution in [0, 0.1) is 5.82 Å². The van der Waals surface area contributed by atoms with Gasteiger partial charge in [-0.15, -0.1) is 0 Å². The summed E-state index contributed by atoms with van der Waals surface area (Å²) in [5.41, 5.74) is -0.0927. The highest BCUT2D eigenvalue weighted by atomic mass is 19.1. The molecule has 0 aliphatic carbocycles. The van der Waals surface area contributed by atoms with E-state index in [0.717, 1.165) is 6.54 Å². The van der Waals surface area contributed by atoms with Crippen LogP contribution in [0.1, 0.15) is 36.2 Å². The Hall–Kier alpha value is -1.66. The first-order valence-electron chi connectivity index (χ1n) is 7.57. The van der Waals surface area contributed by atoms with Crippen molar-refractivity contribution in [1.29, 1.82) is 0 Å². The van der Waals surface area contributed by atoms with Gasteiger partial charge < -0.3 is 19.7 Å². The number of hydrogen-bond acceptors (Lipinski definition) is 5. The minimum Gasteiger partial charge on any atom is -0.492 e. The van der Waals surface area contributed by atoms with E-state index in [1.54, 1.807) is 6.07 Å². The van der Waals surface area contributed by atoms with E-state index < -0.39 is 17.4 Å². The Morgan fingerprint density at radius 3 is 2.70 bits per heavy atom. The maximum Gasteiger partial charge on any atom is 0.339 e. The number of hydrogen-bond donors (Lipinski definition) is 1. The zero-order chi connectivity index (χ0) is 15.7. The van der Waals surface area contributed by atoms with Crippen molar-refractivity contribution in [2.45, 2.75) is 25.9 Å². The van der Waals surface area contributed by atoms with Crippen LogP contribution < -0.4 is 10.1 Å². The average molecular weight is 324 g/mol. The molecule has 6 heteroatoms. The molecule has 3 rings (SSSR count). The van der Waals surface area contributed by atoms with Crippen molar-refractivity contribution in [3.8, 4) is 5.75 Å². The molecule has 2 aliphatic rings. The van der Waals surface area contributed by atoms with Crippen LogP contribution in [0.4, 0.5) is 4.39 Å². The van der Waals surface area contributed by atoms with Gasteiger partial charge in [-0.25, -0.2) is 9.18 Å². The number of esters is 1. The van der Waals surface area contributed by atoms with Crippen LogP contribution in [0.15, 0.2) is 12.1 Å². The lowest BCUT2D eigenvalue weighted by Crippen LogP contribution is -2.40. The summed E-state index contributed by atoms with van der Waals surface area (Å²) in [6.45, 7) is 2.59. The van der Waals surface area contributed by atoms with Gasteiger partial charge in [0.2, 0.25) is 0 Å². The fraction of sp³-hybridized carbons (Fsp3) is 0.588. The van der Waals surface area contributed by atoms with Crippen molar-refractivity contribution in [3.63, 3.8) is 0 Å². The summed E-state index contributed by atoms with van der Waals surface area (Å²) in [6.07, 6.45) is 1.20. The predicted molar refractivity (Wildman–Crippen MR) is 86.4 cm³/mol. The van der Waals surface area contributed by atoms with Crippen LogP contribution in [-0.4, -0.2) is 51.2 Å². The summed E-state index contributed by atoms with van der Waals surface area (Å²) in [5.74, 6) is -0.486. The molecule has 0 aromatic heterocycles. The van der Waals surface area contributed by atoms with Crippen molar-refractivity contribution < 1.29 is 18.7 Å². The normalized spacial score (nSPS) is 18.5. The first-order valence-corrected chi connectivity index (χ1v) is 7.57. The number of nitrogens with zero attached hydrogens (tertiary/aromatic N) is 1. The van der Waals surface area contributed by atoms with Gasteiger partial charge in [-0.2, -0.15) is 0 Å². The number of benzene rings is 1. The second-order valence-corrected chi connectivity index (χ2v) is 6.11. The monoisotopic (exact) mass is 324 g/mol. The van der Waals surface area contributed by atoms with Gasteiger partial charge >= 0.3 is 5.97 Å². The highest BCUT2D eigenvalue weighted by Gasteiger charge is 2.48. The van der Waals surface area contributed by atoms with Gasteiger partial charge in [0.25, 0.3) is 0 Å². The molecular formula is C17H25FN2O3. The minimum absolute atomic E-state index is 0. The first kappa shape index (κ1) is 17.7. The fourth-order valence-corrected chi connectivity index (χ4v) is 3.10. The van der Waals surface area contributed by atoms with E-state index in [1.807, 2.05) is 19.0 Å². The number of likely N-dealkylation sites (N-methyl/N-ethyl adjacent to an activating group) is 1. The second kappa shape index (κ2) is 6.84. The second-order valence-electron chi connectivity index (χ2n) is 6.11. The van der Waals surface area contributed by atoms with Gasteiger partial charge in [0.15, 0.2) is 0 Å². The van der Waals surface area contributed by atoms with Crippen LogP contribution >= 0.6 is 0 Å². The van der Waals surface area contributed by atoms with Crippen molar-refractivity contribution >= 4 is 5.97 Å². The van der Waals surface area contributed by atoms with Crippen LogP contribution in [-0.2, 0) is 10.3 Å². The number of carbonyl (C=O) groups is 1. The largest absolute Gasteiger partial charge is 0.492 e. The van der Waals surface area contributed by atoms with Gasteiger partial charge in [0.05, 0.1) is 5.56 Å². The molecule has 0 unspecified atom stereocenters. The topological polar surface area (TPSA) is 50.8 Å². The van der Waals surface area contributed by atoms with Crippen LogP contribution in [0.25, 0.3) is 0 Å². The minimum atomic E-state index is -0.802. The Labute approximate surface area is 136 Å². The smallest absolute Gasteiger partial charge is 0.339 e. The quantitative estimate of drug-likeness (QED) is 0.860. The van der Waals surface area contributed by atoms with Gasteiger partial charge in [0, 0.05) is 31.0 Å². The lowest BCUT2D eigenvalue weighted by atomic mass is 9.84. The molecule has 2 heterocycles. The van der Waals surface area contributed by atoms with Crippen molar-refractivity contribution in [3.05, 3.63) is 29.1 Å². The molecule has 0 amide bonds. The first-order chi connectivity index (χ1) is 10.5. The third kappa shape index (κ3) is 3.33. The molecule has 0 radical (unpaired) electrons.